The highest BCUT2D eigenvalue weighted by atomic mass is 32.1. The Morgan fingerprint density at radius 1 is 1.20 bits per heavy atom. The summed E-state index contributed by atoms with van der Waals surface area (Å²) in [6, 6.07) is 3.15. The average Bonchev–Trinajstić information content (AvgIpc) is 2.86. The fraction of sp³-hybridized carbons (Fsp3) is 0.100. The van der Waals surface area contributed by atoms with E-state index in [4.69, 9.17) is 0 Å². The zero-order chi connectivity index (χ0) is 14.5. The number of halogens is 4. The van der Waals surface area contributed by atoms with Gasteiger partial charge in [0, 0.05) is 6.07 Å². The van der Waals surface area contributed by atoms with Gasteiger partial charge in [0.25, 0.3) is 5.82 Å². The lowest BCUT2D eigenvalue weighted by Gasteiger charge is -2.01. The summed E-state index contributed by atoms with van der Waals surface area (Å²) in [7, 11) is 0. The molecule has 0 saturated carbocycles. The molecule has 0 aliphatic heterocycles. The van der Waals surface area contributed by atoms with Crippen molar-refractivity contribution in [1.82, 2.24) is 19.8 Å². The molecular formula is C10H4F4N4OS. The van der Waals surface area contributed by atoms with Crippen molar-refractivity contribution in [3.8, 4) is 16.3 Å². The SMILES string of the molecule is Oc1cc(F)ccc1-c1nn2c(C(F)(F)F)nnc2s1. The molecule has 3 rings (SSSR count). The number of benzene rings is 1. The molecule has 0 unspecified atom stereocenters. The molecule has 2 heterocycles. The molecule has 0 radical (unpaired) electrons. The molecule has 0 aliphatic carbocycles. The fourth-order valence-electron chi connectivity index (χ4n) is 1.59. The summed E-state index contributed by atoms with van der Waals surface area (Å²) in [5.41, 5.74) is 0.120. The maximum Gasteiger partial charge on any atom is 0.453 e. The van der Waals surface area contributed by atoms with Crippen molar-refractivity contribution < 1.29 is 22.7 Å². The molecule has 0 amide bonds. The van der Waals surface area contributed by atoms with Crippen molar-refractivity contribution in [1.29, 1.82) is 0 Å². The lowest BCUT2D eigenvalue weighted by molar-refractivity contribution is -0.146. The standard InChI is InChI=1S/C10H4F4N4OS/c11-4-1-2-5(6(19)3-4)7-17-18-8(10(12,13)14)15-16-9(18)20-7/h1-3,19H. The molecule has 2 aromatic heterocycles. The highest BCUT2D eigenvalue weighted by Crippen LogP contribution is 2.35. The number of hydrogen-bond acceptors (Lipinski definition) is 5. The number of nitrogens with zero attached hydrogens (tertiary/aromatic N) is 4. The second-order valence-electron chi connectivity index (χ2n) is 3.78. The molecular weight excluding hydrogens is 300 g/mol. The van der Waals surface area contributed by atoms with Crippen LogP contribution in [0.15, 0.2) is 18.2 Å². The van der Waals surface area contributed by atoms with Crippen molar-refractivity contribution >= 4 is 16.3 Å². The Bertz CT molecular complexity index is 794. The van der Waals surface area contributed by atoms with Crippen LogP contribution in [-0.4, -0.2) is 24.9 Å². The van der Waals surface area contributed by atoms with Crippen LogP contribution in [0.4, 0.5) is 17.6 Å². The van der Waals surface area contributed by atoms with Gasteiger partial charge in [-0.3, -0.25) is 0 Å². The van der Waals surface area contributed by atoms with E-state index in [0.717, 1.165) is 23.5 Å². The number of aromatic nitrogens is 4. The van der Waals surface area contributed by atoms with E-state index in [1.54, 1.807) is 0 Å². The van der Waals surface area contributed by atoms with Gasteiger partial charge in [0.2, 0.25) is 4.96 Å². The quantitative estimate of drug-likeness (QED) is 0.702. The van der Waals surface area contributed by atoms with E-state index >= 15 is 0 Å². The summed E-state index contributed by atoms with van der Waals surface area (Å²) in [5.74, 6) is -2.33. The zero-order valence-electron chi connectivity index (χ0n) is 9.39. The number of alkyl halides is 3. The number of hydrogen-bond donors (Lipinski definition) is 1. The Morgan fingerprint density at radius 2 is 1.95 bits per heavy atom. The van der Waals surface area contributed by atoms with Crippen molar-refractivity contribution in [3.63, 3.8) is 0 Å². The van der Waals surface area contributed by atoms with E-state index in [0.29, 0.717) is 4.52 Å². The Morgan fingerprint density at radius 3 is 2.60 bits per heavy atom. The molecule has 104 valence electrons. The summed E-state index contributed by atoms with van der Waals surface area (Å²) in [4.78, 5) is -0.0731. The second kappa shape index (κ2) is 4.13. The van der Waals surface area contributed by atoms with Crippen LogP contribution in [0.3, 0.4) is 0 Å². The molecule has 0 bridgehead atoms. The van der Waals surface area contributed by atoms with E-state index in [1.807, 2.05) is 0 Å². The van der Waals surface area contributed by atoms with Gasteiger partial charge >= 0.3 is 6.18 Å². The first-order valence-electron chi connectivity index (χ1n) is 5.14. The van der Waals surface area contributed by atoms with Crippen LogP contribution in [0.2, 0.25) is 0 Å². The molecule has 0 aliphatic rings. The van der Waals surface area contributed by atoms with E-state index in [-0.39, 0.29) is 15.5 Å². The molecule has 0 fully saturated rings. The van der Waals surface area contributed by atoms with E-state index in [9.17, 15) is 22.7 Å². The normalized spacial score (nSPS) is 12.2. The lowest BCUT2D eigenvalue weighted by Crippen LogP contribution is -2.11. The van der Waals surface area contributed by atoms with Crippen molar-refractivity contribution in [2.75, 3.05) is 0 Å². The van der Waals surface area contributed by atoms with E-state index in [1.165, 1.54) is 6.07 Å². The first-order chi connectivity index (χ1) is 9.36. The van der Waals surface area contributed by atoms with Crippen LogP contribution in [-0.2, 0) is 6.18 Å². The molecule has 0 atom stereocenters. The first-order valence-corrected chi connectivity index (χ1v) is 5.96. The Balaban J connectivity index is 2.16. The predicted octanol–water partition coefficient (Wildman–Crippen LogP) is 2.72. The molecule has 3 aromatic rings. The molecule has 1 N–H and O–H groups in total. The Kier molecular flexibility index (Phi) is 2.64. The topological polar surface area (TPSA) is 63.3 Å². The minimum atomic E-state index is -4.68. The second-order valence-corrected chi connectivity index (χ2v) is 4.74. The monoisotopic (exact) mass is 304 g/mol. The number of phenolic OH excluding ortho intramolecular Hbond substituents is 1. The van der Waals surface area contributed by atoms with Crippen molar-refractivity contribution in [2.45, 2.75) is 6.18 Å². The third kappa shape index (κ3) is 1.97. The summed E-state index contributed by atoms with van der Waals surface area (Å²) in [6.45, 7) is 0. The molecule has 5 nitrogen and oxygen atoms in total. The van der Waals surface area contributed by atoms with Gasteiger partial charge in [0.15, 0.2) is 5.01 Å². The van der Waals surface area contributed by atoms with Crippen molar-refractivity contribution in [3.05, 3.63) is 29.8 Å². The fourth-order valence-corrected chi connectivity index (χ4v) is 2.46. The summed E-state index contributed by atoms with van der Waals surface area (Å²) in [6.07, 6.45) is -4.68. The highest BCUT2D eigenvalue weighted by Gasteiger charge is 2.38. The maximum atomic E-state index is 12.9. The van der Waals surface area contributed by atoms with Gasteiger partial charge in [-0.2, -0.15) is 22.8 Å². The lowest BCUT2D eigenvalue weighted by atomic mass is 10.2. The Labute approximate surface area is 112 Å². The largest absolute Gasteiger partial charge is 0.507 e. The third-order valence-electron chi connectivity index (χ3n) is 2.43. The summed E-state index contributed by atoms with van der Waals surface area (Å²) in [5, 5.41) is 19.8. The van der Waals surface area contributed by atoms with Crippen molar-refractivity contribution in [2.24, 2.45) is 0 Å². The number of phenols is 1. The van der Waals surface area contributed by atoms with Gasteiger partial charge in [-0.05, 0) is 12.1 Å². The van der Waals surface area contributed by atoms with Crippen LogP contribution in [0, 0.1) is 5.82 Å². The molecule has 1 aromatic carbocycles. The summed E-state index contributed by atoms with van der Waals surface area (Å²) >= 11 is 0.803. The number of aromatic hydroxyl groups is 1. The Hall–Kier alpha value is -2.23. The zero-order valence-corrected chi connectivity index (χ0v) is 10.2. The molecule has 0 saturated heterocycles. The minimum absolute atomic E-state index is 0.0731. The molecule has 20 heavy (non-hydrogen) atoms. The minimum Gasteiger partial charge on any atom is -0.507 e. The first kappa shape index (κ1) is 12.8. The van der Waals surface area contributed by atoms with Gasteiger partial charge in [-0.1, -0.05) is 11.3 Å². The maximum absolute atomic E-state index is 12.9. The van der Waals surface area contributed by atoms with Gasteiger partial charge in [-0.15, -0.1) is 10.2 Å². The summed E-state index contributed by atoms with van der Waals surface area (Å²) < 4.78 is 51.3. The van der Waals surface area contributed by atoms with Gasteiger partial charge < -0.3 is 5.11 Å². The smallest absolute Gasteiger partial charge is 0.453 e. The van der Waals surface area contributed by atoms with Crippen LogP contribution < -0.4 is 0 Å². The van der Waals surface area contributed by atoms with Gasteiger partial charge in [0.05, 0.1) is 5.56 Å². The average molecular weight is 304 g/mol. The van der Waals surface area contributed by atoms with Crippen LogP contribution in [0.25, 0.3) is 15.5 Å². The van der Waals surface area contributed by atoms with Gasteiger partial charge in [0.1, 0.15) is 11.6 Å². The van der Waals surface area contributed by atoms with E-state index in [2.05, 4.69) is 15.3 Å². The highest BCUT2D eigenvalue weighted by molar-refractivity contribution is 7.19. The van der Waals surface area contributed by atoms with Crippen LogP contribution in [0.5, 0.6) is 5.75 Å². The molecule has 10 heteroatoms. The molecule has 0 spiro atoms. The third-order valence-corrected chi connectivity index (χ3v) is 3.37. The van der Waals surface area contributed by atoms with Gasteiger partial charge in [-0.25, -0.2) is 4.39 Å². The number of fused-ring (bicyclic) bond motifs is 1. The number of rotatable bonds is 1. The predicted molar refractivity (Wildman–Crippen MR) is 60.7 cm³/mol. The van der Waals surface area contributed by atoms with Crippen LogP contribution >= 0.6 is 11.3 Å². The van der Waals surface area contributed by atoms with Crippen LogP contribution in [0.1, 0.15) is 5.82 Å². The van der Waals surface area contributed by atoms with E-state index < -0.39 is 23.6 Å².